The van der Waals surface area contributed by atoms with Crippen molar-refractivity contribution in [2.75, 3.05) is 0 Å². The Hall–Kier alpha value is -3.19. The first kappa shape index (κ1) is 17.9. The second-order valence-electron chi connectivity index (χ2n) is 7.17. The maximum atomic E-state index is 13.6. The first-order valence-corrected chi connectivity index (χ1v) is 11.0. The Balaban J connectivity index is 1.78. The molecule has 4 heterocycles. The van der Waals surface area contributed by atoms with Gasteiger partial charge in [0.25, 0.3) is 0 Å². The summed E-state index contributed by atoms with van der Waals surface area (Å²) in [7, 11) is 0. The molecule has 0 bridgehead atoms. The van der Waals surface area contributed by atoms with Crippen LogP contribution < -0.4 is 0 Å². The zero-order valence-corrected chi connectivity index (χ0v) is 16.9. The van der Waals surface area contributed by atoms with E-state index in [0.29, 0.717) is 4.88 Å². The number of rotatable bonds is 3. The normalized spacial score (nSPS) is 23.7. The second kappa shape index (κ2) is 6.70. The van der Waals surface area contributed by atoms with Crippen LogP contribution in [0, 0.1) is 28.1 Å². The van der Waals surface area contributed by atoms with Gasteiger partial charge in [-0.1, -0.05) is 36.4 Å². The molecule has 5 rings (SSSR count). The fourth-order valence-corrected chi connectivity index (χ4v) is 6.27. The molecule has 0 N–H and O–H groups in total. The van der Waals surface area contributed by atoms with Gasteiger partial charge in [0.15, 0.2) is 11.2 Å². The average Bonchev–Trinajstić information content (AvgIpc) is 3.52. The highest BCUT2D eigenvalue weighted by Gasteiger charge is 2.64. The Bertz CT molecular complexity index is 1170. The number of ketones is 1. The van der Waals surface area contributed by atoms with Crippen LogP contribution >= 0.6 is 22.7 Å². The molecule has 0 amide bonds. The molecular weight excluding hydrogens is 398 g/mol. The molecular formula is C23H15N3OS2. The Morgan fingerprint density at radius 3 is 2.45 bits per heavy atom. The Labute approximate surface area is 176 Å². The Morgan fingerprint density at radius 2 is 1.76 bits per heavy atom. The SMILES string of the molecule is N#CC1(C#N)[C@@H](c2cccs2)[C@@H](C(=O)c2cccs2)N2C=Cc3ccccc3[C@@H]21. The molecule has 0 radical (unpaired) electrons. The molecule has 0 spiro atoms. The molecule has 3 atom stereocenters. The summed E-state index contributed by atoms with van der Waals surface area (Å²) < 4.78 is 0. The first-order valence-electron chi connectivity index (χ1n) is 9.19. The third-order valence-corrected chi connectivity index (χ3v) is 7.67. The summed E-state index contributed by atoms with van der Waals surface area (Å²) in [6, 6.07) is 18.9. The lowest BCUT2D eigenvalue weighted by Crippen LogP contribution is -2.37. The topological polar surface area (TPSA) is 67.9 Å². The molecule has 3 aromatic rings. The summed E-state index contributed by atoms with van der Waals surface area (Å²) in [5, 5.41) is 24.5. The van der Waals surface area contributed by atoms with Gasteiger partial charge in [-0.2, -0.15) is 10.5 Å². The molecule has 6 heteroatoms. The molecule has 2 aliphatic rings. The predicted octanol–water partition coefficient (Wildman–Crippen LogP) is 5.22. The van der Waals surface area contributed by atoms with E-state index >= 15 is 0 Å². The summed E-state index contributed by atoms with van der Waals surface area (Å²) in [5.41, 5.74) is 0.530. The molecule has 2 aliphatic heterocycles. The van der Waals surface area contributed by atoms with Crippen LogP contribution in [0.25, 0.3) is 6.08 Å². The maximum Gasteiger partial charge on any atom is 0.195 e. The summed E-state index contributed by atoms with van der Waals surface area (Å²) in [5.74, 6) is -0.576. The summed E-state index contributed by atoms with van der Waals surface area (Å²) in [4.78, 5) is 17.1. The molecule has 0 aliphatic carbocycles. The van der Waals surface area contributed by atoms with E-state index < -0.39 is 23.4 Å². The van der Waals surface area contributed by atoms with Crippen molar-refractivity contribution in [1.82, 2.24) is 4.90 Å². The van der Waals surface area contributed by atoms with Crippen molar-refractivity contribution in [3.8, 4) is 12.1 Å². The minimum Gasteiger partial charge on any atom is -0.357 e. The highest BCUT2D eigenvalue weighted by molar-refractivity contribution is 7.12. The Morgan fingerprint density at radius 1 is 1.00 bits per heavy atom. The van der Waals surface area contributed by atoms with E-state index in [1.54, 1.807) is 0 Å². The van der Waals surface area contributed by atoms with Crippen LogP contribution in [0.3, 0.4) is 0 Å². The average molecular weight is 414 g/mol. The molecule has 29 heavy (non-hydrogen) atoms. The van der Waals surface area contributed by atoms with Crippen molar-refractivity contribution in [2.45, 2.75) is 18.0 Å². The van der Waals surface area contributed by atoms with Crippen molar-refractivity contribution < 1.29 is 4.79 Å². The van der Waals surface area contributed by atoms with Gasteiger partial charge < -0.3 is 4.90 Å². The summed E-state index contributed by atoms with van der Waals surface area (Å²) in [6.07, 6.45) is 3.86. The van der Waals surface area contributed by atoms with E-state index in [1.165, 1.54) is 22.7 Å². The summed E-state index contributed by atoms with van der Waals surface area (Å²) >= 11 is 2.89. The summed E-state index contributed by atoms with van der Waals surface area (Å²) in [6.45, 7) is 0. The number of benzene rings is 1. The van der Waals surface area contributed by atoms with Gasteiger partial charge in [0.2, 0.25) is 0 Å². The number of nitrogens with zero attached hydrogens (tertiary/aromatic N) is 3. The van der Waals surface area contributed by atoms with Gasteiger partial charge in [-0.05, 0) is 40.1 Å². The van der Waals surface area contributed by atoms with Crippen molar-refractivity contribution >= 4 is 34.5 Å². The lowest BCUT2D eigenvalue weighted by Gasteiger charge is -2.34. The largest absolute Gasteiger partial charge is 0.357 e. The van der Waals surface area contributed by atoms with Crippen LogP contribution in [0.15, 0.2) is 65.5 Å². The second-order valence-corrected chi connectivity index (χ2v) is 9.09. The molecule has 4 nitrogen and oxygen atoms in total. The fourth-order valence-electron chi connectivity index (χ4n) is 4.64. The minimum absolute atomic E-state index is 0.0418. The zero-order chi connectivity index (χ0) is 20.0. The van der Waals surface area contributed by atoms with Crippen LogP contribution in [0.2, 0.25) is 0 Å². The van der Waals surface area contributed by atoms with Crippen LogP contribution in [-0.4, -0.2) is 16.7 Å². The van der Waals surface area contributed by atoms with E-state index in [4.69, 9.17) is 0 Å². The van der Waals surface area contributed by atoms with Gasteiger partial charge in [-0.25, -0.2) is 0 Å². The number of Topliss-reactive ketones (excluding diaryl/α,β-unsaturated/α-hetero) is 1. The third kappa shape index (κ3) is 2.43. The van der Waals surface area contributed by atoms with Gasteiger partial charge in [0, 0.05) is 11.1 Å². The van der Waals surface area contributed by atoms with E-state index in [2.05, 4.69) is 12.1 Å². The van der Waals surface area contributed by atoms with Crippen molar-refractivity contribution in [3.05, 3.63) is 86.4 Å². The molecule has 0 saturated carbocycles. The number of hydrogen-bond donors (Lipinski definition) is 0. The number of carbonyl (C=O) groups excluding carboxylic acids is 1. The molecule has 1 saturated heterocycles. The van der Waals surface area contributed by atoms with E-state index in [1.807, 2.05) is 76.5 Å². The number of fused-ring (bicyclic) bond motifs is 3. The Kier molecular flexibility index (Phi) is 4.13. The van der Waals surface area contributed by atoms with Gasteiger partial charge in [-0.3, -0.25) is 4.79 Å². The van der Waals surface area contributed by atoms with Gasteiger partial charge in [0.05, 0.1) is 29.0 Å². The van der Waals surface area contributed by atoms with Gasteiger partial charge >= 0.3 is 0 Å². The van der Waals surface area contributed by atoms with Crippen molar-refractivity contribution in [1.29, 1.82) is 10.5 Å². The maximum absolute atomic E-state index is 13.6. The smallest absolute Gasteiger partial charge is 0.195 e. The molecule has 1 aromatic carbocycles. The lowest BCUT2D eigenvalue weighted by atomic mass is 9.69. The fraction of sp³-hybridized carbons (Fsp3) is 0.174. The number of carbonyl (C=O) groups is 1. The number of hydrogen-bond acceptors (Lipinski definition) is 6. The van der Waals surface area contributed by atoms with Crippen LogP contribution in [0.1, 0.15) is 37.6 Å². The molecule has 1 fully saturated rings. The minimum atomic E-state index is -1.37. The van der Waals surface area contributed by atoms with E-state index in [9.17, 15) is 15.3 Å². The van der Waals surface area contributed by atoms with Crippen molar-refractivity contribution in [2.24, 2.45) is 5.41 Å². The van der Waals surface area contributed by atoms with Crippen LogP contribution in [0.4, 0.5) is 0 Å². The predicted molar refractivity (Wildman–Crippen MR) is 113 cm³/mol. The molecule has 0 unspecified atom stereocenters. The third-order valence-electron chi connectivity index (χ3n) is 5.83. The van der Waals surface area contributed by atoms with Crippen LogP contribution in [-0.2, 0) is 0 Å². The highest BCUT2D eigenvalue weighted by atomic mass is 32.1. The monoisotopic (exact) mass is 413 g/mol. The van der Waals surface area contributed by atoms with Crippen molar-refractivity contribution in [3.63, 3.8) is 0 Å². The number of thiophene rings is 2. The molecule has 2 aromatic heterocycles. The van der Waals surface area contributed by atoms with Gasteiger partial charge in [-0.15, -0.1) is 22.7 Å². The van der Waals surface area contributed by atoms with Crippen LogP contribution in [0.5, 0.6) is 0 Å². The first-order chi connectivity index (χ1) is 14.2. The van der Waals surface area contributed by atoms with E-state index in [0.717, 1.165) is 16.0 Å². The quantitative estimate of drug-likeness (QED) is 0.552. The van der Waals surface area contributed by atoms with E-state index in [-0.39, 0.29) is 5.78 Å². The lowest BCUT2D eigenvalue weighted by molar-refractivity contribution is 0.0879. The van der Waals surface area contributed by atoms with Gasteiger partial charge in [0.1, 0.15) is 6.04 Å². The standard InChI is InChI=1S/C23H15N3OS2/c24-13-23(14-25)19(17-7-3-11-28-17)20(21(27)18-8-4-12-29-18)26-10-9-15-5-1-2-6-16(15)22(23)26/h1-12,19-20,22H/t19-,20-,22+/m0/s1. The molecule has 140 valence electrons. The highest BCUT2D eigenvalue weighted by Crippen LogP contribution is 2.60. The zero-order valence-electron chi connectivity index (χ0n) is 15.2. The number of nitriles is 2.